The maximum atomic E-state index is 12.2. The molecule has 0 aromatic heterocycles. The van der Waals surface area contributed by atoms with E-state index in [2.05, 4.69) is 59.5 Å². The molecular formula is C17H35NO2S. The number of carbonyl (C=O) groups excluding carboxylic acids is 1. The van der Waals surface area contributed by atoms with Crippen molar-refractivity contribution in [2.24, 2.45) is 16.2 Å². The average Bonchev–Trinajstić information content (AvgIpc) is 2.32. The van der Waals surface area contributed by atoms with E-state index in [1.54, 1.807) is 0 Å². The summed E-state index contributed by atoms with van der Waals surface area (Å²) in [6, 6.07) is 0. The smallest absolute Gasteiger partial charge is 0.220 e. The number of carbonyl (C=O) groups is 1. The predicted molar refractivity (Wildman–Crippen MR) is 93.9 cm³/mol. The molecule has 3 nitrogen and oxygen atoms in total. The van der Waals surface area contributed by atoms with Gasteiger partial charge < -0.3 is 10.1 Å². The molecule has 0 aromatic carbocycles. The second-order valence-corrected chi connectivity index (χ2v) is 8.73. The van der Waals surface area contributed by atoms with Crippen LogP contribution in [0.25, 0.3) is 0 Å². The standard InChI is InChI=1S/C17H35NO2S/c1-8-20-12-17(6,7)11-18-14(19)9-15(2,3)10-16(4,5)13-21/h21H,8-13H2,1-7H3,(H,18,19). The molecule has 21 heavy (non-hydrogen) atoms. The Hall–Kier alpha value is -0.220. The molecule has 4 heteroatoms. The largest absolute Gasteiger partial charge is 0.381 e. The number of amides is 1. The molecular weight excluding hydrogens is 282 g/mol. The molecule has 1 N–H and O–H groups in total. The Balaban J connectivity index is 4.30. The van der Waals surface area contributed by atoms with Gasteiger partial charge >= 0.3 is 0 Å². The SMILES string of the molecule is CCOCC(C)(C)CNC(=O)CC(C)(C)CC(C)(C)CS. The number of rotatable bonds is 10. The Morgan fingerprint density at radius 1 is 1.05 bits per heavy atom. The van der Waals surface area contributed by atoms with Crippen molar-refractivity contribution in [3.8, 4) is 0 Å². The molecule has 0 spiro atoms. The number of hydrogen-bond donors (Lipinski definition) is 2. The Bertz CT molecular complexity index is 325. The van der Waals surface area contributed by atoms with E-state index in [0.717, 1.165) is 12.2 Å². The number of nitrogens with one attached hydrogen (secondary N) is 1. The summed E-state index contributed by atoms with van der Waals surface area (Å²) in [4.78, 5) is 12.2. The number of hydrogen-bond acceptors (Lipinski definition) is 3. The predicted octanol–water partition coefficient (Wildman–Crippen LogP) is 3.93. The molecule has 0 aliphatic heterocycles. The van der Waals surface area contributed by atoms with Crippen molar-refractivity contribution in [3.05, 3.63) is 0 Å². The molecule has 126 valence electrons. The van der Waals surface area contributed by atoms with Crippen LogP contribution in [0.3, 0.4) is 0 Å². The molecule has 0 unspecified atom stereocenters. The minimum atomic E-state index is -0.0276. The third kappa shape index (κ3) is 10.2. The van der Waals surface area contributed by atoms with Gasteiger partial charge in [0.1, 0.15) is 0 Å². The van der Waals surface area contributed by atoms with Gasteiger partial charge in [0.15, 0.2) is 0 Å². The summed E-state index contributed by atoms with van der Waals surface area (Å²) < 4.78 is 5.45. The Morgan fingerprint density at radius 3 is 2.10 bits per heavy atom. The van der Waals surface area contributed by atoms with Crippen molar-refractivity contribution in [2.45, 2.75) is 61.3 Å². The zero-order chi connectivity index (χ0) is 16.7. The first-order valence-electron chi connectivity index (χ1n) is 7.88. The molecule has 0 bridgehead atoms. The lowest BCUT2D eigenvalue weighted by Crippen LogP contribution is -2.39. The van der Waals surface area contributed by atoms with Crippen LogP contribution in [-0.2, 0) is 9.53 Å². The van der Waals surface area contributed by atoms with Gasteiger partial charge in [0, 0.05) is 25.0 Å². The monoisotopic (exact) mass is 317 g/mol. The third-order valence-corrected chi connectivity index (χ3v) is 4.34. The summed E-state index contributed by atoms with van der Waals surface area (Å²) in [6.45, 7) is 16.9. The summed E-state index contributed by atoms with van der Waals surface area (Å²) in [5, 5.41) is 3.05. The highest BCUT2D eigenvalue weighted by Gasteiger charge is 2.30. The Labute approximate surface area is 137 Å². The van der Waals surface area contributed by atoms with Crippen molar-refractivity contribution < 1.29 is 9.53 Å². The maximum Gasteiger partial charge on any atom is 0.220 e. The van der Waals surface area contributed by atoms with Crippen molar-refractivity contribution in [1.82, 2.24) is 5.32 Å². The fourth-order valence-corrected chi connectivity index (χ4v) is 2.79. The van der Waals surface area contributed by atoms with Crippen LogP contribution in [0.5, 0.6) is 0 Å². The highest BCUT2D eigenvalue weighted by Crippen LogP contribution is 2.36. The van der Waals surface area contributed by atoms with E-state index in [0.29, 0.717) is 26.2 Å². The van der Waals surface area contributed by atoms with E-state index in [1.165, 1.54) is 0 Å². The van der Waals surface area contributed by atoms with E-state index in [4.69, 9.17) is 4.74 Å². The summed E-state index contributed by atoms with van der Waals surface area (Å²) in [6.07, 6.45) is 1.54. The lowest BCUT2D eigenvalue weighted by atomic mass is 9.74. The van der Waals surface area contributed by atoms with Gasteiger partial charge in [-0.15, -0.1) is 0 Å². The fourth-order valence-electron chi connectivity index (χ4n) is 2.68. The van der Waals surface area contributed by atoms with Crippen LogP contribution in [0.15, 0.2) is 0 Å². The second kappa shape index (κ2) is 8.42. The third-order valence-electron chi connectivity index (χ3n) is 3.49. The minimum absolute atomic E-state index is 0.0135. The van der Waals surface area contributed by atoms with Gasteiger partial charge in [-0.05, 0) is 29.9 Å². The van der Waals surface area contributed by atoms with Crippen molar-refractivity contribution in [2.75, 3.05) is 25.5 Å². The highest BCUT2D eigenvalue weighted by atomic mass is 32.1. The summed E-state index contributed by atoms with van der Waals surface area (Å²) in [7, 11) is 0. The number of thiol groups is 1. The van der Waals surface area contributed by atoms with E-state index in [1.807, 2.05) is 6.92 Å². The van der Waals surface area contributed by atoms with Crippen LogP contribution in [0, 0.1) is 16.2 Å². The van der Waals surface area contributed by atoms with Crippen molar-refractivity contribution in [1.29, 1.82) is 0 Å². The molecule has 0 heterocycles. The molecule has 0 radical (unpaired) electrons. The minimum Gasteiger partial charge on any atom is -0.381 e. The normalized spacial score (nSPS) is 13.3. The second-order valence-electron chi connectivity index (χ2n) is 8.42. The molecule has 0 aliphatic rings. The zero-order valence-corrected chi connectivity index (χ0v) is 15.9. The van der Waals surface area contributed by atoms with Crippen LogP contribution in [-0.4, -0.2) is 31.4 Å². The Kier molecular flexibility index (Phi) is 8.33. The zero-order valence-electron chi connectivity index (χ0n) is 15.0. The summed E-state index contributed by atoms with van der Waals surface area (Å²) >= 11 is 4.40. The van der Waals surface area contributed by atoms with E-state index in [-0.39, 0.29) is 22.2 Å². The molecule has 1 amide bonds. The molecule has 0 saturated carbocycles. The first kappa shape index (κ1) is 20.8. The van der Waals surface area contributed by atoms with Crippen molar-refractivity contribution >= 4 is 18.5 Å². The molecule has 0 saturated heterocycles. The van der Waals surface area contributed by atoms with Crippen LogP contribution in [0.1, 0.15) is 61.3 Å². The highest BCUT2D eigenvalue weighted by molar-refractivity contribution is 7.80. The summed E-state index contributed by atoms with van der Waals surface area (Å²) in [5.74, 6) is 0.957. The quantitative estimate of drug-likeness (QED) is 0.599. The first-order chi connectivity index (χ1) is 9.43. The van der Waals surface area contributed by atoms with Crippen LogP contribution in [0.2, 0.25) is 0 Å². The van der Waals surface area contributed by atoms with Crippen LogP contribution >= 0.6 is 12.6 Å². The van der Waals surface area contributed by atoms with Gasteiger partial charge in [-0.1, -0.05) is 41.5 Å². The van der Waals surface area contributed by atoms with Gasteiger partial charge in [0.25, 0.3) is 0 Å². The van der Waals surface area contributed by atoms with E-state index in [9.17, 15) is 4.79 Å². The van der Waals surface area contributed by atoms with Gasteiger partial charge in [-0.3, -0.25) is 4.79 Å². The average molecular weight is 318 g/mol. The molecule has 0 aliphatic carbocycles. The topological polar surface area (TPSA) is 38.3 Å². The fraction of sp³-hybridized carbons (Fsp3) is 0.941. The van der Waals surface area contributed by atoms with Crippen LogP contribution < -0.4 is 5.32 Å². The van der Waals surface area contributed by atoms with Gasteiger partial charge in [-0.25, -0.2) is 0 Å². The molecule has 0 aromatic rings. The number of ether oxygens (including phenoxy) is 1. The van der Waals surface area contributed by atoms with E-state index < -0.39 is 0 Å². The first-order valence-corrected chi connectivity index (χ1v) is 8.52. The van der Waals surface area contributed by atoms with Gasteiger partial charge in [0.05, 0.1) is 6.61 Å². The molecule has 0 atom stereocenters. The Morgan fingerprint density at radius 2 is 1.62 bits per heavy atom. The summed E-state index contributed by atoms with van der Waals surface area (Å²) in [5.41, 5.74) is 0.113. The molecule has 0 rings (SSSR count). The van der Waals surface area contributed by atoms with Gasteiger partial charge in [-0.2, -0.15) is 12.6 Å². The lowest BCUT2D eigenvalue weighted by molar-refractivity contribution is -0.124. The van der Waals surface area contributed by atoms with Gasteiger partial charge in [0.2, 0.25) is 5.91 Å². The van der Waals surface area contributed by atoms with E-state index >= 15 is 0 Å². The van der Waals surface area contributed by atoms with Crippen LogP contribution in [0.4, 0.5) is 0 Å². The lowest BCUT2D eigenvalue weighted by Gasteiger charge is -2.34. The molecule has 0 fully saturated rings. The maximum absolute atomic E-state index is 12.2. The van der Waals surface area contributed by atoms with Crippen molar-refractivity contribution in [3.63, 3.8) is 0 Å².